The Bertz CT molecular complexity index is 1430. The van der Waals surface area contributed by atoms with Crippen LogP contribution < -0.4 is 22.3 Å². The third-order valence-corrected chi connectivity index (χ3v) is 6.36. The smallest absolute Gasteiger partial charge is 0.317 e. The van der Waals surface area contributed by atoms with Gasteiger partial charge in [-0.3, -0.25) is 5.84 Å². The van der Waals surface area contributed by atoms with Crippen molar-refractivity contribution in [3.05, 3.63) is 71.3 Å². The van der Waals surface area contributed by atoms with Gasteiger partial charge >= 0.3 is 8.26 Å². The van der Waals surface area contributed by atoms with Gasteiger partial charge in [-0.25, -0.2) is 15.4 Å². The summed E-state index contributed by atoms with van der Waals surface area (Å²) in [4.78, 5) is 16.0. The fourth-order valence-electron chi connectivity index (χ4n) is 4.40. The van der Waals surface area contributed by atoms with Crippen LogP contribution >= 0.6 is 21.4 Å². The van der Waals surface area contributed by atoms with Crippen LogP contribution in [0.1, 0.15) is 81.1 Å². The standard InChI is InChI=1S/C20H14N4.C10H26N4.Cl2O2S.Cu/c1-2-14-10-16-5-6-18(23-16)12-20-8-7-19(24-20)11-17-4-3-15(22-17)9-13(1)21-14;1-2-3-4-5-6-7-8-9-10-12-14-13-11;1-5(2,3)4;/h1-12,21,24H;12-14H,2-11H2,1H3;;. The van der Waals surface area contributed by atoms with Crippen LogP contribution in [-0.2, 0) is 25.3 Å². The Morgan fingerprint density at radius 3 is 1.36 bits per heavy atom. The second-order valence-corrected chi connectivity index (χ2v) is 13.6. The first-order chi connectivity index (χ1) is 20.7. The van der Waals surface area contributed by atoms with E-state index in [1.54, 1.807) is 0 Å². The van der Waals surface area contributed by atoms with Crippen molar-refractivity contribution in [3.63, 3.8) is 0 Å². The molecule has 7 N–H and O–H groups in total. The summed E-state index contributed by atoms with van der Waals surface area (Å²) >= 11 is 0. The summed E-state index contributed by atoms with van der Waals surface area (Å²) in [6.07, 6.45) is 18.9. The second kappa shape index (κ2) is 20.5. The molecule has 0 atom stereocenters. The Morgan fingerprint density at radius 1 is 0.682 bits per heavy atom. The molecule has 0 saturated heterocycles. The number of halogens is 2. The van der Waals surface area contributed by atoms with Gasteiger partial charge in [-0.15, -0.1) is 0 Å². The summed E-state index contributed by atoms with van der Waals surface area (Å²) in [5.74, 6) is 5.01. The number of nitrogens with two attached hydrogens (primary N) is 1. The molecule has 3 aromatic rings. The first-order valence-electron chi connectivity index (χ1n) is 14.3. The Labute approximate surface area is 278 Å². The van der Waals surface area contributed by atoms with Crippen molar-refractivity contribution in [1.82, 2.24) is 36.4 Å². The molecule has 8 bridgehead atoms. The van der Waals surface area contributed by atoms with E-state index in [4.69, 9.17) is 14.3 Å². The van der Waals surface area contributed by atoms with Crippen molar-refractivity contribution in [2.75, 3.05) is 6.54 Å². The van der Waals surface area contributed by atoms with E-state index in [9.17, 15) is 0 Å². The predicted octanol–water partition coefficient (Wildman–Crippen LogP) is 6.96. The van der Waals surface area contributed by atoms with Gasteiger partial charge in [0.15, 0.2) is 0 Å². The zero-order chi connectivity index (χ0) is 30.9. The van der Waals surface area contributed by atoms with E-state index in [-0.39, 0.29) is 17.1 Å². The maximum absolute atomic E-state index is 9.16. The van der Waals surface area contributed by atoms with Crippen LogP contribution in [0.5, 0.6) is 0 Å². The second-order valence-electron chi connectivity index (χ2n) is 9.95. The van der Waals surface area contributed by atoms with Gasteiger partial charge in [0.25, 0.3) is 0 Å². The van der Waals surface area contributed by atoms with E-state index in [0.717, 1.165) is 51.4 Å². The molecule has 0 aliphatic carbocycles. The monoisotopic (exact) mass is 709 g/mol. The van der Waals surface area contributed by atoms with E-state index >= 15 is 0 Å². The van der Waals surface area contributed by atoms with Gasteiger partial charge < -0.3 is 9.97 Å². The Balaban J connectivity index is 0.000000290. The number of H-pyrrole nitrogens is 2. The molecule has 5 heterocycles. The van der Waals surface area contributed by atoms with Crippen LogP contribution in [0.25, 0.3) is 46.4 Å². The van der Waals surface area contributed by atoms with E-state index in [1.807, 2.05) is 48.6 Å². The summed E-state index contributed by atoms with van der Waals surface area (Å²) in [6.45, 7) is 3.23. The molecule has 2 aliphatic rings. The van der Waals surface area contributed by atoms with Crippen LogP contribution in [0.15, 0.2) is 48.5 Å². The van der Waals surface area contributed by atoms with Gasteiger partial charge in [-0.2, -0.15) is 19.5 Å². The third-order valence-electron chi connectivity index (χ3n) is 6.36. The van der Waals surface area contributed by atoms with E-state index in [1.165, 1.54) is 51.4 Å². The van der Waals surface area contributed by atoms with Crippen molar-refractivity contribution >= 4 is 76.0 Å². The van der Waals surface area contributed by atoms with Crippen molar-refractivity contribution in [1.29, 1.82) is 0 Å². The normalized spacial score (nSPS) is 11.6. The van der Waals surface area contributed by atoms with Crippen molar-refractivity contribution < 1.29 is 25.5 Å². The number of rotatable bonds is 11. The summed E-state index contributed by atoms with van der Waals surface area (Å²) in [5, 5.41) is 0. The molecule has 10 nitrogen and oxygen atoms in total. The number of nitrogens with one attached hydrogen (secondary N) is 5. The average molecular weight is 711 g/mol. The minimum atomic E-state index is -3.72. The molecule has 5 rings (SSSR count). The summed E-state index contributed by atoms with van der Waals surface area (Å²) in [7, 11) is 4.81. The van der Waals surface area contributed by atoms with E-state index in [2.05, 4.69) is 89.0 Å². The molecule has 0 fully saturated rings. The van der Waals surface area contributed by atoms with Gasteiger partial charge in [0.1, 0.15) is 0 Å². The van der Waals surface area contributed by atoms with Gasteiger partial charge in [-0.05, 0) is 79.3 Å². The number of hydrogen-bond acceptors (Lipinski definition) is 8. The minimum Gasteiger partial charge on any atom is -0.355 e. The molecule has 1 radical (unpaired) electrons. The van der Waals surface area contributed by atoms with E-state index in [0.29, 0.717) is 0 Å². The first kappa shape index (κ1) is 37.7. The first-order valence-corrected chi connectivity index (χ1v) is 17.5. The number of hydrogen-bond donors (Lipinski definition) is 6. The molecule has 0 spiro atoms. The summed E-state index contributed by atoms with van der Waals surface area (Å²) in [6, 6.07) is 16.4. The summed E-state index contributed by atoms with van der Waals surface area (Å²) in [5.41, 5.74) is 15.8. The number of fused-ring (bicyclic) bond motifs is 8. The topological polar surface area (TPSA) is 154 Å². The SMILES string of the molecule is C1=Cc2cc3ccc(cc4nc(cc5ccc(cc1n2)[nH]5)C=C4)[nH]3.CCCCCCCCCCNNNN.O=S(=O)(Cl)Cl.[Cu]. The van der Waals surface area contributed by atoms with Crippen LogP contribution in [0, 0.1) is 0 Å². The molecule has 0 unspecified atom stereocenters. The van der Waals surface area contributed by atoms with Crippen molar-refractivity contribution in [2.24, 2.45) is 5.84 Å². The van der Waals surface area contributed by atoms with Crippen LogP contribution in [-0.4, -0.2) is 34.9 Å². The number of unbranched alkanes of at least 4 members (excludes halogenated alkanes) is 7. The molecule has 0 aromatic carbocycles. The van der Waals surface area contributed by atoms with Crippen LogP contribution in [0.2, 0.25) is 0 Å². The molecule has 44 heavy (non-hydrogen) atoms. The summed E-state index contributed by atoms with van der Waals surface area (Å²) < 4.78 is 18.3. The van der Waals surface area contributed by atoms with Crippen LogP contribution in [0.3, 0.4) is 0 Å². The Hall–Kier alpha value is -2.51. The molecule has 0 saturated carbocycles. The van der Waals surface area contributed by atoms with Gasteiger partial charge in [0, 0.05) is 67.0 Å². The number of hydrazine groups is 3. The van der Waals surface area contributed by atoms with Crippen molar-refractivity contribution in [2.45, 2.75) is 58.3 Å². The van der Waals surface area contributed by atoms with Gasteiger partial charge in [0.05, 0.1) is 22.8 Å². The zero-order valence-electron chi connectivity index (χ0n) is 24.5. The van der Waals surface area contributed by atoms with Gasteiger partial charge in [0.2, 0.25) is 0 Å². The molecule has 0 amide bonds. The largest absolute Gasteiger partial charge is 0.355 e. The maximum Gasteiger partial charge on any atom is 0.317 e. The minimum absolute atomic E-state index is 0. The molecule has 14 heteroatoms. The average Bonchev–Trinajstić information content (AvgIpc) is 3.76. The molecular formula is C30H40Cl2CuN8O2S. The quantitative estimate of drug-likeness (QED) is 0.0283. The molecule has 2 aliphatic heterocycles. The zero-order valence-corrected chi connectivity index (χ0v) is 27.8. The number of aromatic nitrogens is 4. The predicted molar refractivity (Wildman–Crippen MR) is 181 cm³/mol. The molecule has 3 aromatic heterocycles. The third kappa shape index (κ3) is 16.0. The Morgan fingerprint density at radius 2 is 1.02 bits per heavy atom. The van der Waals surface area contributed by atoms with Crippen LogP contribution in [0.4, 0.5) is 0 Å². The Kier molecular flexibility index (Phi) is 17.6. The number of aromatic amines is 2. The van der Waals surface area contributed by atoms with Crippen molar-refractivity contribution in [3.8, 4) is 0 Å². The van der Waals surface area contributed by atoms with E-state index < -0.39 is 8.26 Å². The van der Waals surface area contributed by atoms with Gasteiger partial charge in [-0.1, -0.05) is 51.9 Å². The molecule has 243 valence electrons. The fourth-order valence-corrected chi connectivity index (χ4v) is 4.40. The number of nitrogens with zero attached hydrogens (tertiary/aromatic N) is 2. The maximum atomic E-state index is 9.16. The fraction of sp³-hybridized carbons (Fsp3) is 0.333. The molecular weight excluding hydrogens is 671 g/mol.